The number of aromatic nitrogens is 2. The Hall–Kier alpha value is -1.36. The summed E-state index contributed by atoms with van der Waals surface area (Å²) in [5.74, 6) is 0.617. The molecule has 1 saturated carbocycles. The maximum Gasteiger partial charge on any atom is 0.268 e. The molecule has 2 rings (SSSR count). The molecular weight excluding hydrogens is 240 g/mol. The van der Waals surface area contributed by atoms with E-state index in [0.717, 1.165) is 18.8 Å². The lowest BCUT2D eigenvalue weighted by Crippen LogP contribution is -2.30. The minimum atomic E-state index is -0.00746. The van der Waals surface area contributed by atoms with E-state index in [1.54, 1.807) is 16.9 Å². The largest absolute Gasteiger partial charge is 0.372 e. The Bertz CT molecular complexity index is 451. The summed E-state index contributed by atoms with van der Waals surface area (Å²) in [6, 6.07) is 1.66. The van der Waals surface area contributed by atoms with Gasteiger partial charge in [0.15, 0.2) is 0 Å². The molecule has 1 aromatic rings. The fraction of sp³-hybridized carbons (Fsp3) is 0.714. The van der Waals surface area contributed by atoms with E-state index in [0.29, 0.717) is 12.5 Å². The average Bonchev–Trinajstić information content (AvgIpc) is 2.42. The SMILES string of the molecule is CN(CCN)c1cnn(CC2CCCCC2)c(=O)c1. The molecule has 0 bridgehead atoms. The molecule has 1 fully saturated rings. The molecule has 2 N–H and O–H groups in total. The van der Waals surface area contributed by atoms with Crippen molar-refractivity contribution in [1.82, 2.24) is 9.78 Å². The molecule has 106 valence electrons. The molecule has 1 aromatic heterocycles. The van der Waals surface area contributed by atoms with Gasteiger partial charge in [-0.3, -0.25) is 4.79 Å². The number of hydrogen-bond donors (Lipinski definition) is 1. The molecule has 0 saturated heterocycles. The molecule has 0 unspecified atom stereocenters. The molecule has 0 spiro atoms. The Morgan fingerprint density at radius 1 is 1.42 bits per heavy atom. The molecule has 0 atom stereocenters. The van der Waals surface area contributed by atoms with Gasteiger partial charge >= 0.3 is 0 Å². The quantitative estimate of drug-likeness (QED) is 0.868. The third kappa shape index (κ3) is 3.80. The van der Waals surface area contributed by atoms with Crippen LogP contribution < -0.4 is 16.2 Å². The summed E-state index contributed by atoms with van der Waals surface area (Å²) in [5, 5.41) is 4.30. The molecule has 0 amide bonds. The Morgan fingerprint density at radius 2 is 2.16 bits per heavy atom. The molecule has 1 aliphatic rings. The summed E-state index contributed by atoms with van der Waals surface area (Å²) in [4.78, 5) is 14.0. The van der Waals surface area contributed by atoms with Crippen molar-refractivity contribution in [3.05, 3.63) is 22.6 Å². The standard InChI is InChI=1S/C14H24N4O/c1-17(8-7-15)13-9-14(19)18(16-10-13)11-12-5-3-2-4-6-12/h9-10,12H,2-8,11,15H2,1H3. The first-order valence-corrected chi connectivity index (χ1v) is 7.19. The molecule has 0 radical (unpaired) electrons. The van der Waals surface area contributed by atoms with Crippen molar-refractivity contribution in [1.29, 1.82) is 0 Å². The van der Waals surface area contributed by atoms with Crippen LogP contribution in [0.25, 0.3) is 0 Å². The molecule has 0 aliphatic heterocycles. The van der Waals surface area contributed by atoms with Crippen LogP contribution >= 0.6 is 0 Å². The van der Waals surface area contributed by atoms with Crippen LogP contribution in [0.3, 0.4) is 0 Å². The van der Waals surface area contributed by atoms with Crippen molar-refractivity contribution in [3.63, 3.8) is 0 Å². The molecular formula is C14H24N4O. The zero-order valence-corrected chi connectivity index (χ0v) is 11.7. The zero-order chi connectivity index (χ0) is 13.7. The van der Waals surface area contributed by atoms with Gasteiger partial charge in [-0.05, 0) is 18.8 Å². The number of hydrogen-bond acceptors (Lipinski definition) is 4. The molecule has 5 nitrogen and oxygen atoms in total. The van der Waals surface area contributed by atoms with Crippen molar-refractivity contribution in [2.75, 3.05) is 25.0 Å². The monoisotopic (exact) mass is 264 g/mol. The van der Waals surface area contributed by atoms with E-state index < -0.39 is 0 Å². The van der Waals surface area contributed by atoms with Gasteiger partial charge in [0.1, 0.15) is 0 Å². The van der Waals surface area contributed by atoms with Gasteiger partial charge in [-0.15, -0.1) is 0 Å². The van der Waals surface area contributed by atoms with E-state index in [9.17, 15) is 4.79 Å². The van der Waals surface area contributed by atoms with E-state index in [1.165, 1.54) is 32.1 Å². The highest BCUT2D eigenvalue weighted by Gasteiger charge is 2.15. The summed E-state index contributed by atoms with van der Waals surface area (Å²) in [6.07, 6.45) is 8.13. The maximum atomic E-state index is 12.1. The van der Waals surface area contributed by atoms with Gasteiger partial charge in [0.25, 0.3) is 5.56 Å². The number of likely N-dealkylation sites (N-methyl/N-ethyl adjacent to an activating group) is 1. The predicted octanol–water partition coefficient (Wildman–Crippen LogP) is 1.22. The first-order chi connectivity index (χ1) is 9.20. The summed E-state index contributed by atoms with van der Waals surface area (Å²) in [5.41, 5.74) is 6.35. The minimum Gasteiger partial charge on any atom is -0.372 e. The van der Waals surface area contributed by atoms with Crippen LogP contribution in [0.5, 0.6) is 0 Å². The summed E-state index contributed by atoms with van der Waals surface area (Å²) in [6.45, 7) is 2.06. The van der Waals surface area contributed by atoms with Crippen LogP contribution in [0, 0.1) is 5.92 Å². The Kier molecular flexibility index (Phi) is 4.96. The van der Waals surface area contributed by atoms with Crippen molar-refractivity contribution < 1.29 is 0 Å². The lowest BCUT2D eigenvalue weighted by Gasteiger charge is -2.22. The Morgan fingerprint density at radius 3 is 2.79 bits per heavy atom. The second kappa shape index (κ2) is 6.70. The Balaban J connectivity index is 2.04. The van der Waals surface area contributed by atoms with Gasteiger partial charge in [-0.1, -0.05) is 19.3 Å². The van der Waals surface area contributed by atoms with Crippen molar-refractivity contribution >= 4 is 5.69 Å². The Labute approximate surface area is 114 Å². The van der Waals surface area contributed by atoms with Crippen LogP contribution in [0.2, 0.25) is 0 Å². The topological polar surface area (TPSA) is 64.2 Å². The molecule has 1 heterocycles. The van der Waals surface area contributed by atoms with Gasteiger partial charge in [0, 0.05) is 32.7 Å². The van der Waals surface area contributed by atoms with Crippen molar-refractivity contribution in [3.8, 4) is 0 Å². The van der Waals surface area contributed by atoms with E-state index >= 15 is 0 Å². The van der Waals surface area contributed by atoms with Crippen molar-refractivity contribution in [2.24, 2.45) is 11.7 Å². The summed E-state index contributed by atoms with van der Waals surface area (Å²) < 4.78 is 1.61. The van der Waals surface area contributed by atoms with Crippen LogP contribution in [0.1, 0.15) is 32.1 Å². The van der Waals surface area contributed by atoms with E-state index in [-0.39, 0.29) is 5.56 Å². The zero-order valence-electron chi connectivity index (χ0n) is 11.7. The maximum absolute atomic E-state index is 12.1. The number of anilines is 1. The number of nitrogens with zero attached hydrogens (tertiary/aromatic N) is 3. The summed E-state index contributed by atoms with van der Waals surface area (Å²) in [7, 11) is 1.93. The van der Waals surface area contributed by atoms with Crippen LogP contribution in [0.15, 0.2) is 17.1 Å². The predicted molar refractivity (Wildman–Crippen MR) is 77.4 cm³/mol. The number of rotatable bonds is 5. The van der Waals surface area contributed by atoms with Gasteiger partial charge in [0.2, 0.25) is 0 Å². The molecule has 0 aromatic carbocycles. The molecule has 5 heteroatoms. The highest BCUT2D eigenvalue weighted by atomic mass is 16.1. The van der Waals surface area contributed by atoms with E-state index in [1.807, 2.05) is 11.9 Å². The minimum absolute atomic E-state index is 0.00746. The first-order valence-electron chi connectivity index (χ1n) is 7.19. The third-order valence-corrected chi connectivity index (χ3v) is 3.92. The van der Waals surface area contributed by atoms with Crippen LogP contribution in [-0.4, -0.2) is 29.9 Å². The lowest BCUT2D eigenvalue weighted by atomic mass is 9.89. The van der Waals surface area contributed by atoms with E-state index in [4.69, 9.17) is 5.73 Å². The number of nitrogens with two attached hydrogens (primary N) is 1. The fourth-order valence-corrected chi connectivity index (χ4v) is 2.71. The first kappa shape index (κ1) is 14.1. The van der Waals surface area contributed by atoms with Crippen LogP contribution in [0.4, 0.5) is 5.69 Å². The van der Waals surface area contributed by atoms with Gasteiger partial charge in [-0.25, -0.2) is 4.68 Å². The highest BCUT2D eigenvalue weighted by Crippen LogP contribution is 2.24. The lowest BCUT2D eigenvalue weighted by molar-refractivity contribution is 0.302. The second-order valence-electron chi connectivity index (χ2n) is 5.45. The van der Waals surface area contributed by atoms with Crippen molar-refractivity contribution in [2.45, 2.75) is 38.6 Å². The smallest absolute Gasteiger partial charge is 0.268 e. The fourth-order valence-electron chi connectivity index (χ4n) is 2.71. The average molecular weight is 264 g/mol. The third-order valence-electron chi connectivity index (χ3n) is 3.92. The highest BCUT2D eigenvalue weighted by molar-refractivity contribution is 5.41. The normalized spacial score (nSPS) is 16.5. The van der Waals surface area contributed by atoms with Crippen LogP contribution in [-0.2, 0) is 6.54 Å². The van der Waals surface area contributed by atoms with Gasteiger partial charge < -0.3 is 10.6 Å². The molecule has 19 heavy (non-hydrogen) atoms. The van der Waals surface area contributed by atoms with Gasteiger partial charge in [-0.2, -0.15) is 5.10 Å². The molecule has 1 aliphatic carbocycles. The van der Waals surface area contributed by atoms with E-state index in [2.05, 4.69) is 5.10 Å². The van der Waals surface area contributed by atoms with Gasteiger partial charge in [0.05, 0.1) is 11.9 Å². The summed E-state index contributed by atoms with van der Waals surface area (Å²) >= 11 is 0. The second-order valence-corrected chi connectivity index (χ2v) is 5.45.